The van der Waals surface area contributed by atoms with E-state index in [9.17, 15) is 0 Å². The lowest BCUT2D eigenvalue weighted by Crippen LogP contribution is -1.90. The van der Waals surface area contributed by atoms with Crippen LogP contribution in [0.3, 0.4) is 0 Å². The van der Waals surface area contributed by atoms with Crippen LogP contribution in [0.1, 0.15) is 11.1 Å². The summed E-state index contributed by atoms with van der Waals surface area (Å²) in [5, 5.41) is 1.36. The largest absolute Gasteiger partial charge is 0.399 e. The molecule has 2 rings (SSSR count). The fourth-order valence-electron chi connectivity index (χ4n) is 1.52. The first-order valence-corrected chi connectivity index (χ1v) is 5.69. The minimum atomic E-state index is 0.658. The number of halogens is 2. The van der Waals surface area contributed by atoms with E-state index in [4.69, 9.17) is 28.9 Å². The van der Waals surface area contributed by atoms with Crippen LogP contribution in [0.15, 0.2) is 42.5 Å². The van der Waals surface area contributed by atoms with Crippen LogP contribution < -0.4 is 5.73 Å². The predicted octanol–water partition coefficient (Wildman–Crippen LogP) is 4.17. The Kier molecular flexibility index (Phi) is 3.37. The van der Waals surface area contributed by atoms with Gasteiger partial charge in [-0.3, -0.25) is 0 Å². The van der Waals surface area contributed by atoms with Crippen LogP contribution >= 0.6 is 23.2 Å². The van der Waals surface area contributed by atoms with Crippen LogP contribution in [0.2, 0.25) is 10.0 Å². The first kappa shape index (κ1) is 11.3. The molecule has 0 amide bonds. The summed E-state index contributed by atoms with van der Waals surface area (Å²) in [6.45, 7) is 0. The first-order valence-electron chi connectivity index (χ1n) is 4.93. The second-order valence-corrected chi connectivity index (χ2v) is 4.50. The molecule has 3 heteroatoms. The molecule has 0 aliphatic heterocycles. The highest BCUT2D eigenvalue weighted by atomic mass is 35.5. The Hall–Kier alpha value is -1.18. The number of benzene rings is 2. The summed E-state index contributed by atoms with van der Waals surface area (Å²) in [6, 6.07) is 13.3. The Balaban J connectivity index is 2.23. The normalized spacial score (nSPS) is 10.4. The zero-order chi connectivity index (χ0) is 11.5. The second kappa shape index (κ2) is 4.77. The maximum atomic E-state index is 6.10. The van der Waals surface area contributed by atoms with Crippen molar-refractivity contribution in [1.82, 2.24) is 0 Å². The Labute approximate surface area is 105 Å². The summed E-state index contributed by atoms with van der Waals surface area (Å²) in [7, 11) is 0. The molecular formula is C13H11Cl2N. The van der Waals surface area contributed by atoms with Crippen molar-refractivity contribution in [3.63, 3.8) is 0 Å². The van der Waals surface area contributed by atoms with Crippen LogP contribution in [-0.2, 0) is 6.42 Å². The monoisotopic (exact) mass is 251 g/mol. The van der Waals surface area contributed by atoms with Crippen LogP contribution in [-0.4, -0.2) is 0 Å². The molecule has 0 aliphatic carbocycles. The molecule has 2 aromatic carbocycles. The minimum absolute atomic E-state index is 0.658. The molecule has 0 heterocycles. The Bertz CT molecular complexity index is 492. The van der Waals surface area contributed by atoms with Gasteiger partial charge in [0, 0.05) is 15.7 Å². The molecule has 2 aromatic rings. The van der Waals surface area contributed by atoms with E-state index in [1.165, 1.54) is 5.56 Å². The van der Waals surface area contributed by atoms with E-state index in [-0.39, 0.29) is 0 Å². The van der Waals surface area contributed by atoms with Crippen LogP contribution in [0.5, 0.6) is 0 Å². The molecule has 0 aromatic heterocycles. The maximum absolute atomic E-state index is 6.10. The smallest absolute Gasteiger partial charge is 0.0456 e. The van der Waals surface area contributed by atoms with Gasteiger partial charge in [0.05, 0.1) is 0 Å². The van der Waals surface area contributed by atoms with E-state index in [1.807, 2.05) is 36.4 Å². The van der Waals surface area contributed by atoms with Gasteiger partial charge >= 0.3 is 0 Å². The number of hydrogen-bond acceptors (Lipinski definition) is 1. The molecule has 0 bridgehead atoms. The zero-order valence-electron chi connectivity index (χ0n) is 8.58. The average molecular weight is 252 g/mol. The Morgan fingerprint density at radius 1 is 0.938 bits per heavy atom. The van der Waals surface area contributed by atoms with E-state index in [2.05, 4.69) is 0 Å². The molecule has 16 heavy (non-hydrogen) atoms. The molecule has 0 spiro atoms. The van der Waals surface area contributed by atoms with Gasteiger partial charge in [-0.05, 0) is 41.8 Å². The molecule has 0 aliphatic rings. The lowest BCUT2D eigenvalue weighted by molar-refractivity contribution is 1.19. The van der Waals surface area contributed by atoms with Crippen molar-refractivity contribution >= 4 is 28.9 Å². The average Bonchev–Trinajstić information content (AvgIpc) is 2.25. The molecule has 0 atom stereocenters. The molecule has 2 N–H and O–H groups in total. The van der Waals surface area contributed by atoms with Crippen molar-refractivity contribution in [2.45, 2.75) is 6.42 Å². The van der Waals surface area contributed by atoms with E-state index >= 15 is 0 Å². The van der Waals surface area contributed by atoms with Crippen molar-refractivity contribution in [2.75, 3.05) is 5.73 Å². The minimum Gasteiger partial charge on any atom is -0.399 e. The quantitative estimate of drug-likeness (QED) is 0.797. The van der Waals surface area contributed by atoms with Crippen LogP contribution in [0.25, 0.3) is 0 Å². The molecule has 0 radical (unpaired) electrons. The van der Waals surface area contributed by atoms with E-state index < -0.39 is 0 Å². The second-order valence-electron chi connectivity index (χ2n) is 3.65. The topological polar surface area (TPSA) is 26.0 Å². The SMILES string of the molecule is Nc1ccc(Cc2ccc(Cl)cc2Cl)cc1. The number of nitrogens with two attached hydrogens (primary N) is 1. The van der Waals surface area contributed by atoms with E-state index in [0.717, 1.165) is 17.7 Å². The summed E-state index contributed by atoms with van der Waals surface area (Å²) in [6.07, 6.45) is 0.788. The molecule has 0 unspecified atom stereocenters. The highest BCUT2D eigenvalue weighted by Gasteiger charge is 2.02. The summed E-state index contributed by atoms with van der Waals surface area (Å²) in [5.74, 6) is 0. The highest BCUT2D eigenvalue weighted by Crippen LogP contribution is 2.23. The van der Waals surface area contributed by atoms with Crippen LogP contribution in [0, 0.1) is 0 Å². The van der Waals surface area contributed by atoms with Gasteiger partial charge in [0.25, 0.3) is 0 Å². The zero-order valence-corrected chi connectivity index (χ0v) is 10.1. The van der Waals surface area contributed by atoms with Crippen molar-refractivity contribution in [1.29, 1.82) is 0 Å². The van der Waals surface area contributed by atoms with Gasteiger partial charge in [-0.2, -0.15) is 0 Å². The fourth-order valence-corrected chi connectivity index (χ4v) is 2.00. The van der Waals surface area contributed by atoms with Gasteiger partial charge in [0.2, 0.25) is 0 Å². The third-order valence-electron chi connectivity index (χ3n) is 2.39. The summed E-state index contributed by atoms with van der Waals surface area (Å²) in [4.78, 5) is 0. The first-order chi connectivity index (χ1) is 7.65. The predicted molar refractivity (Wildman–Crippen MR) is 70.1 cm³/mol. The van der Waals surface area contributed by atoms with Gasteiger partial charge in [-0.1, -0.05) is 41.4 Å². The molecule has 0 saturated carbocycles. The molecule has 1 nitrogen and oxygen atoms in total. The molecule has 0 fully saturated rings. The van der Waals surface area contributed by atoms with E-state index in [0.29, 0.717) is 10.0 Å². The third kappa shape index (κ3) is 2.69. The van der Waals surface area contributed by atoms with Crippen LogP contribution in [0.4, 0.5) is 5.69 Å². The number of hydrogen-bond donors (Lipinski definition) is 1. The number of rotatable bonds is 2. The maximum Gasteiger partial charge on any atom is 0.0456 e. The lowest BCUT2D eigenvalue weighted by Gasteiger charge is -2.05. The molecular weight excluding hydrogens is 241 g/mol. The lowest BCUT2D eigenvalue weighted by atomic mass is 10.0. The van der Waals surface area contributed by atoms with Gasteiger partial charge in [-0.15, -0.1) is 0 Å². The van der Waals surface area contributed by atoms with Crippen molar-refractivity contribution in [2.24, 2.45) is 0 Å². The molecule has 82 valence electrons. The summed E-state index contributed by atoms with van der Waals surface area (Å²) < 4.78 is 0. The number of nitrogen functional groups attached to an aromatic ring is 1. The van der Waals surface area contributed by atoms with Gasteiger partial charge < -0.3 is 5.73 Å². The fraction of sp³-hybridized carbons (Fsp3) is 0.0769. The highest BCUT2D eigenvalue weighted by molar-refractivity contribution is 6.35. The number of anilines is 1. The Morgan fingerprint density at radius 2 is 1.62 bits per heavy atom. The summed E-state index contributed by atoms with van der Waals surface area (Å²) in [5.41, 5.74) is 8.64. The van der Waals surface area contributed by atoms with E-state index in [1.54, 1.807) is 6.07 Å². The van der Waals surface area contributed by atoms with Crippen molar-refractivity contribution < 1.29 is 0 Å². The Morgan fingerprint density at radius 3 is 2.25 bits per heavy atom. The standard InChI is InChI=1S/C13H11Cl2N/c14-11-4-3-10(13(15)8-11)7-9-1-5-12(16)6-2-9/h1-6,8H,7,16H2. The van der Waals surface area contributed by atoms with Gasteiger partial charge in [0.15, 0.2) is 0 Å². The van der Waals surface area contributed by atoms with Crippen molar-refractivity contribution in [3.05, 3.63) is 63.6 Å². The van der Waals surface area contributed by atoms with Gasteiger partial charge in [0.1, 0.15) is 0 Å². The third-order valence-corrected chi connectivity index (χ3v) is 2.98. The summed E-state index contributed by atoms with van der Waals surface area (Å²) >= 11 is 11.9. The molecule has 0 saturated heterocycles. The van der Waals surface area contributed by atoms with Gasteiger partial charge in [-0.25, -0.2) is 0 Å². The van der Waals surface area contributed by atoms with Crippen molar-refractivity contribution in [3.8, 4) is 0 Å².